The number of nitrogens with zero attached hydrogens (tertiary/aromatic N) is 2. The fraction of sp³-hybridized carbons (Fsp3) is 0.143. The van der Waals surface area contributed by atoms with Gasteiger partial charge in [0.2, 0.25) is 0 Å². The zero-order valence-electron chi connectivity index (χ0n) is 13.6. The molecule has 0 bridgehead atoms. The quantitative estimate of drug-likeness (QED) is 0.344. The fourth-order valence-electron chi connectivity index (χ4n) is 3.74. The van der Waals surface area contributed by atoms with Crippen molar-refractivity contribution in [2.75, 3.05) is 0 Å². The van der Waals surface area contributed by atoms with Crippen LogP contribution in [0.1, 0.15) is 5.69 Å². The molecule has 112 valence electrons. The third-order valence-corrected chi connectivity index (χ3v) is 5.20. The van der Waals surface area contributed by atoms with E-state index in [-0.39, 0.29) is 0 Å². The lowest BCUT2D eigenvalue weighted by molar-refractivity contribution is 0.919. The van der Waals surface area contributed by atoms with E-state index < -0.39 is 0 Å². The molecule has 2 heterocycles. The van der Waals surface area contributed by atoms with Crippen molar-refractivity contribution in [2.45, 2.75) is 6.92 Å². The molecule has 2 nitrogen and oxygen atoms in total. The van der Waals surface area contributed by atoms with Gasteiger partial charge < -0.3 is 9.13 Å². The van der Waals surface area contributed by atoms with Gasteiger partial charge in [-0.1, -0.05) is 0 Å². The first-order valence-electron chi connectivity index (χ1n) is 7.99. The lowest BCUT2D eigenvalue weighted by Crippen LogP contribution is -1.89. The van der Waals surface area contributed by atoms with E-state index in [4.69, 9.17) is 0 Å². The van der Waals surface area contributed by atoms with Gasteiger partial charge in [0.05, 0.1) is 0 Å². The second kappa shape index (κ2) is 4.17. The zero-order valence-corrected chi connectivity index (χ0v) is 13.6. The van der Waals surface area contributed by atoms with Gasteiger partial charge in [-0.3, -0.25) is 0 Å². The van der Waals surface area contributed by atoms with Gasteiger partial charge in [0.1, 0.15) is 0 Å². The molecule has 0 aliphatic rings. The highest BCUT2D eigenvalue weighted by atomic mass is 14.9. The molecule has 2 heteroatoms. The molecule has 0 radical (unpaired) electrons. The van der Waals surface area contributed by atoms with Crippen molar-refractivity contribution in [2.24, 2.45) is 14.1 Å². The Hall–Kier alpha value is -2.74. The first kappa shape index (κ1) is 12.8. The highest BCUT2D eigenvalue weighted by Crippen LogP contribution is 2.31. The molecule has 0 unspecified atom stereocenters. The number of hydrogen-bond donors (Lipinski definition) is 0. The van der Waals surface area contributed by atoms with E-state index >= 15 is 0 Å². The first-order valence-corrected chi connectivity index (χ1v) is 7.99. The van der Waals surface area contributed by atoms with Crippen molar-refractivity contribution < 1.29 is 0 Å². The molecule has 0 saturated carbocycles. The number of aromatic nitrogens is 2. The molecule has 0 amide bonds. The molecule has 0 saturated heterocycles. The molecule has 0 aliphatic carbocycles. The van der Waals surface area contributed by atoms with Gasteiger partial charge in [-0.05, 0) is 77.0 Å². The van der Waals surface area contributed by atoms with Gasteiger partial charge in [-0.2, -0.15) is 0 Å². The second-order valence-electron chi connectivity index (χ2n) is 6.64. The largest absolute Gasteiger partial charge is 0.351 e. The van der Waals surface area contributed by atoms with Gasteiger partial charge >= 0.3 is 0 Å². The van der Waals surface area contributed by atoms with Crippen LogP contribution in [0.25, 0.3) is 43.4 Å². The Morgan fingerprint density at radius 2 is 1.17 bits per heavy atom. The summed E-state index contributed by atoms with van der Waals surface area (Å²) in [5.41, 5.74) is 3.88. The maximum Gasteiger partial charge on any atom is 0.0486 e. The maximum atomic E-state index is 2.32. The topological polar surface area (TPSA) is 9.86 Å². The molecular weight excluding hydrogens is 280 g/mol. The lowest BCUT2D eigenvalue weighted by atomic mass is 10.0. The smallest absolute Gasteiger partial charge is 0.0486 e. The predicted molar refractivity (Wildman–Crippen MR) is 99.1 cm³/mol. The van der Waals surface area contributed by atoms with Crippen molar-refractivity contribution in [3.63, 3.8) is 0 Å². The van der Waals surface area contributed by atoms with Crippen LogP contribution in [0, 0.1) is 6.92 Å². The van der Waals surface area contributed by atoms with E-state index in [1.807, 2.05) is 0 Å². The van der Waals surface area contributed by atoms with Crippen LogP contribution in [0.4, 0.5) is 0 Å². The monoisotopic (exact) mass is 298 g/mol. The summed E-state index contributed by atoms with van der Waals surface area (Å²) in [6.45, 7) is 2.16. The van der Waals surface area contributed by atoms with E-state index in [1.54, 1.807) is 0 Å². The Balaban J connectivity index is 1.93. The van der Waals surface area contributed by atoms with Gasteiger partial charge in [0.15, 0.2) is 0 Å². The van der Waals surface area contributed by atoms with Crippen molar-refractivity contribution in [3.05, 3.63) is 60.4 Å². The van der Waals surface area contributed by atoms with Crippen LogP contribution >= 0.6 is 0 Å². The molecule has 5 rings (SSSR count). The summed E-state index contributed by atoms with van der Waals surface area (Å²) in [5, 5.41) is 7.85. The van der Waals surface area contributed by atoms with Crippen LogP contribution in [0.15, 0.2) is 54.7 Å². The minimum atomic E-state index is 1.29. The first-order chi connectivity index (χ1) is 11.1. The Morgan fingerprint density at radius 3 is 1.91 bits per heavy atom. The summed E-state index contributed by atoms with van der Waals surface area (Å²) in [5.74, 6) is 0. The summed E-state index contributed by atoms with van der Waals surface area (Å²) in [7, 11) is 4.24. The fourth-order valence-corrected chi connectivity index (χ4v) is 3.74. The summed E-state index contributed by atoms with van der Waals surface area (Å²) < 4.78 is 4.45. The molecule has 3 aromatic carbocycles. The highest BCUT2D eigenvalue weighted by Gasteiger charge is 2.07. The Kier molecular flexibility index (Phi) is 2.31. The van der Waals surface area contributed by atoms with Gasteiger partial charge in [-0.15, -0.1) is 0 Å². The van der Waals surface area contributed by atoms with E-state index in [2.05, 4.69) is 84.9 Å². The minimum Gasteiger partial charge on any atom is -0.351 e. The SMILES string of the molecule is Cc1cc2cc3cc4cc5c(ccn5C)cc4cc3cc2n1C. The lowest BCUT2D eigenvalue weighted by Gasteiger charge is -2.06. The molecule has 0 aliphatic heterocycles. The van der Waals surface area contributed by atoms with Crippen LogP contribution in [0.5, 0.6) is 0 Å². The van der Waals surface area contributed by atoms with Gasteiger partial charge in [0, 0.05) is 47.8 Å². The third-order valence-electron chi connectivity index (χ3n) is 5.20. The number of rotatable bonds is 0. The number of hydrogen-bond acceptors (Lipinski definition) is 0. The molecule has 0 N–H and O–H groups in total. The summed E-state index contributed by atoms with van der Waals surface area (Å²) in [6.07, 6.45) is 2.13. The van der Waals surface area contributed by atoms with Crippen LogP contribution in [0.2, 0.25) is 0 Å². The van der Waals surface area contributed by atoms with Crippen LogP contribution in [-0.2, 0) is 14.1 Å². The van der Waals surface area contributed by atoms with Crippen LogP contribution < -0.4 is 0 Å². The van der Waals surface area contributed by atoms with E-state index in [0.717, 1.165) is 0 Å². The maximum absolute atomic E-state index is 2.32. The zero-order chi connectivity index (χ0) is 15.7. The minimum absolute atomic E-state index is 1.29. The van der Waals surface area contributed by atoms with Crippen LogP contribution in [-0.4, -0.2) is 9.13 Å². The van der Waals surface area contributed by atoms with E-state index in [9.17, 15) is 0 Å². The van der Waals surface area contributed by atoms with E-state index in [0.29, 0.717) is 0 Å². The Morgan fingerprint density at radius 1 is 0.609 bits per heavy atom. The van der Waals surface area contributed by atoms with Gasteiger partial charge in [-0.25, -0.2) is 0 Å². The molecule has 0 spiro atoms. The Bertz CT molecular complexity index is 1240. The molecule has 0 atom stereocenters. The average molecular weight is 298 g/mol. The molecule has 23 heavy (non-hydrogen) atoms. The van der Waals surface area contributed by atoms with Crippen LogP contribution in [0.3, 0.4) is 0 Å². The third kappa shape index (κ3) is 1.69. The summed E-state index contributed by atoms with van der Waals surface area (Å²) >= 11 is 0. The highest BCUT2D eigenvalue weighted by molar-refractivity contribution is 6.07. The Labute approximate surface area is 134 Å². The molecule has 2 aromatic heterocycles. The predicted octanol–water partition coefficient (Wildman–Crippen LogP) is 5.28. The average Bonchev–Trinajstić information content (AvgIpc) is 3.02. The number of aryl methyl sites for hydroxylation is 3. The summed E-state index contributed by atoms with van der Waals surface area (Å²) in [4.78, 5) is 0. The van der Waals surface area contributed by atoms with Crippen molar-refractivity contribution in [3.8, 4) is 0 Å². The molecule has 0 fully saturated rings. The normalized spacial score (nSPS) is 12.1. The second-order valence-corrected chi connectivity index (χ2v) is 6.64. The summed E-state index contributed by atoms with van der Waals surface area (Å²) in [6, 6.07) is 18.3. The van der Waals surface area contributed by atoms with Crippen molar-refractivity contribution in [1.82, 2.24) is 9.13 Å². The van der Waals surface area contributed by atoms with Crippen molar-refractivity contribution in [1.29, 1.82) is 0 Å². The number of fused-ring (bicyclic) bond motifs is 4. The molecule has 5 aromatic rings. The van der Waals surface area contributed by atoms with Crippen molar-refractivity contribution >= 4 is 43.4 Å². The van der Waals surface area contributed by atoms with Gasteiger partial charge in [0.25, 0.3) is 0 Å². The molecular formula is C21H18N2. The standard InChI is InChI=1S/C21H18N2/c1-13-6-19-10-16-9-17-11-20-14(4-5-22(20)2)7-15(17)8-18(16)12-21(19)23(13)3/h4-12H,1-3H3. The van der Waals surface area contributed by atoms with E-state index in [1.165, 1.54) is 49.0 Å². The number of benzene rings is 3.